The molecule has 0 aliphatic carbocycles. The van der Waals surface area contributed by atoms with Crippen molar-refractivity contribution in [2.24, 2.45) is 4.99 Å². The van der Waals surface area contributed by atoms with E-state index >= 15 is 0 Å². The minimum absolute atomic E-state index is 0.0788. The molecule has 0 aliphatic rings. The van der Waals surface area contributed by atoms with Gasteiger partial charge in [-0.3, -0.25) is 25.0 Å². The Morgan fingerprint density at radius 3 is 2.33 bits per heavy atom. The molecule has 1 heterocycles. The second-order valence-corrected chi connectivity index (χ2v) is 6.31. The van der Waals surface area contributed by atoms with Gasteiger partial charge >= 0.3 is 0 Å². The molecule has 10 heteroatoms. The average molecular weight is 382 g/mol. The Morgan fingerprint density at radius 1 is 1.11 bits per heavy atom. The van der Waals surface area contributed by atoms with Gasteiger partial charge in [-0.1, -0.05) is 17.3 Å². The fourth-order valence-corrected chi connectivity index (χ4v) is 3.44. The Kier molecular flexibility index (Phi) is 4.78. The van der Waals surface area contributed by atoms with Gasteiger partial charge in [0.1, 0.15) is 0 Å². The first-order valence-electron chi connectivity index (χ1n) is 7.45. The fraction of sp³-hybridized carbons (Fsp3) is 0.0588. The topological polar surface area (TPSA) is 121 Å². The Morgan fingerprint density at radius 2 is 1.74 bits per heavy atom. The zero-order valence-electron chi connectivity index (χ0n) is 13.6. The number of nitrogens with zero attached hydrogens (tertiary/aromatic N) is 4. The molecule has 0 aliphatic heterocycles. The Hall–Kier alpha value is -3.84. The van der Waals surface area contributed by atoms with Crippen LogP contribution in [-0.2, 0) is 6.54 Å². The maximum Gasteiger partial charge on any atom is 0.279 e. The lowest BCUT2D eigenvalue weighted by Gasteiger charge is -1.99. The van der Waals surface area contributed by atoms with Crippen LogP contribution < -0.4 is 4.80 Å². The van der Waals surface area contributed by atoms with E-state index in [0.717, 1.165) is 11.3 Å². The van der Waals surface area contributed by atoms with Crippen LogP contribution in [0.25, 0.3) is 10.2 Å². The monoisotopic (exact) mass is 382 g/mol. The Bertz CT molecular complexity index is 1180. The number of fused-ring (bicyclic) bond motifs is 1. The van der Waals surface area contributed by atoms with Crippen LogP contribution >= 0.6 is 11.3 Å². The summed E-state index contributed by atoms with van der Waals surface area (Å²) in [4.78, 5) is 37.3. The van der Waals surface area contributed by atoms with E-state index in [1.165, 1.54) is 36.4 Å². The molecule has 2 aromatic carbocycles. The summed E-state index contributed by atoms with van der Waals surface area (Å²) >= 11 is 1.09. The summed E-state index contributed by atoms with van der Waals surface area (Å²) in [5, 5.41) is 21.6. The van der Waals surface area contributed by atoms with Gasteiger partial charge in [-0.05, 0) is 18.2 Å². The smallest absolute Gasteiger partial charge is 0.279 e. The molecule has 0 saturated heterocycles. The van der Waals surface area contributed by atoms with Crippen molar-refractivity contribution >= 4 is 38.8 Å². The highest BCUT2D eigenvalue weighted by Crippen LogP contribution is 2.23. The summed E-state index contributed by atoms with van der Waals surface area (Å²) < 4.78 is 2.17. The van der Waals surface area contributed by atoms with Crippen LogP contribution in [0.3, 0.4) is 0 Å². The standard InChI is InChI=1S/C17H10N4O5S/c1-2-9-19-14-8-7-13(21(25)26)10-15(14)27-17(19)18-16(22)11-3-5-12(6-4-11)20(23)24/h1,3-8,10H,9H2. The van der Waals surface area contributed by atoms with E-state index < -0.39 is 15.8 Å². The molecular formula is C17H10N4O5S. The number of carbonyl (C=O) groups is 1. The molecule has 0 bridgehead atoms. The Labute approximate surface area is 155 Å². The van der Waals surface area contributed by atoms with Crippen LogP contribution in [0.5, 0.6) is 0 Å². The number of hydrogen-bond acceptors (Lipinski definition) is 6. The van der Waals surface area contributed by atoms with E-state index in [0.29, 0.717) is 10.2 Å². The summed E-state index contributed by atoms with van der Waals surface area (Å²) in [6.07, 6.45) is 5.38. The zero-order chi connectivity index (χ0) is 19.6. The first-order chi connectivity index (χ1) is 12.9. The van der Waals surface area contributed by atoms with Gasteiger partial charge in [0, 0.05) is 29.8 Å². The number of terminal acetylenes is 1. The number of aromatic nitrogens is 1. The van der Waals surface area contributed by atoms with Gasteiger partial charge in [-0.2, -0.15) is 4.99 Å². The number of rotatable bonds is 4. The lowest BCUT2D eigenvalue weighted by Crippen LogP contribution is -2.16. The number of thiazole rings is 1. The van der Waals surface area contributed by atoms with E-state index in [9.17, 15) is 25.0 Å². The van der Waals surface area contributed by atoms with Crippen molar-refractivity contribution in [2.45, 2.75) is 6.54 Å². The molecular weight excluding hydrogens is 372 g/mol. The van der Waals surface area contributed by atoms with Gasteiger partial charge < -0.3 is 4.57 Å². The van der Waals surface area contributed by atoms with Crippen molar-refractivity contribution in [3.05, 3.63) is 73.1 Å². The van der Waals surface area contributed by atoms with Crippen molar-refractivity contribution < 1.29 is 14.6 Å². The van der Waals surface area contributed by atoms with Crippen LogP contribution in [-0.4, -0.2) is 20.3 Å². The molecule has 134 valence electrons. The van der Waals surface area contributed by atoms with E-state index in [2.05, 4.69) is 10.9 Å². The number of hydrogen-bond donors (Lipinski definition) is 0. The molecule has 0 unspecified atom stereocenters. The summed E-state index contributed by atoms with van der Waals surface area (Å²) in [5.74, 6) is 1.86. The normalized spacial score (nSPS) is 11.3. The number of amides is 1. The molecule has 3 aromatic rings. The van der Waals surface area contributed by atoms with E-state index in [1.807, 2.05) is 0 Å². The van der Waals surface area contributed by atoms with Crippen molar-refractivity contribution in [2.75, 3.05) is 0 Å². The van der Waals surface area contributed by atoms with Gasteiger partial charge in [0.05, 0.1) is 26.6 Å². The molecule has 0 radical (unpaired) electrons. The fourth-order valence-electron chi connectivity index (χ4n) is 2.38. The van der Waals surface area contributed by atoms with Gasteiger partial charge in [0.15, 0.2) is 4.80 Å². The highest BCUT2D eigenvalue weighted by molar-refractivity contribution is 7.16. The van der Waals surface area contributed by atoms with E-state index in [4.69, 9.17) is 6.42 Å². The van der Waals surface area contributed by atoms with Gasteiger partial charge in [0.2, 0.25) is 0 Å². The van der Waals surface area contributed by atoms with Crippen LogP contribution in [0.4, 0.5) is 11.4 Å². The number of nitro groups is 2. The molecule has 3 rings (SSSR count). The molecule has 1 aromatic heterocycles. The van der Waals surface area contributed by atoms with Gasteiger partial charge in [0.25, 0.3) is 17.3 Å². The summed E-state index contributed by atoms with van der Waals surface area (Å²) in [6, 6.07) is 9.35. The molecule has 9 nitrogen and oxygen atoms in total. The minimum atomic E-state index is -0.600. The molecule has 0 N–H and O–H groups in total. The lowest BCUT2D eigenvalue weighted by molar-refractivity contribution is -0.385. The highest BCUT2D eigenvalue weighted by Gasteiger charge is 2.13. The third-order valence-corrected chi connectivity index (χ3v) is 4.69. The summed E-state index contributed by atoms with van der Waals surface area (Å²) in [6.45, 7) is 0.129. The second kappa shape index (κ2) is 7.19. The van der Waals surface area contributed by atoms with Gasteiger partial charge in [-0.15, -0.1) is 6.42 Å². The largest absolute Gasteiger partial charge is 0.305 e. The molecule has 27 heavy (non-hydrogen) atoms. The highest BCUT2D eigenvalue weighted by atomic mass is 32.1. The predicted molar refractivity (Wildman–Crippen MR) is 98.3 cm³/mol. The van der Waals surface area contributed by atoms with Crippen LogP contribution in [0, 0.1) is 32.6 Å². The summed E-state index contributed by atoms with van der Waals surface area (Å²) in [5.41, 5.74) is 0.586. The third kappa shape index (κ3) is 3.58. The van der Waals surface area contributed by atoms with Crippen molar-refractivity contribution in [1.82, 2.24) is 4.57 Å². The van der Waals surface area contributed by atoms with Crippen LogP contribution in [0.2, 0.25) is 0 Å². The quantitative estimate of drug-likeness (QED) is 0.390. The number of nitro benzene ring substituents is 2. The first kappa shape index (κ1) is 18.0. The average Bonchev–Trinajstić information content (AvgIpc) is 2.98. The molecule has 0 atom stereocenters. The zero-order valence-corrected chi connectivity index (χ0v) is 14.4. The number of benzene rings is 2. The van der Waals surface area contributed by atoms with Crippen LogP contribution in [0.15, 0.2) is 47.5 Å². The Balaban J connectivity index is 2.09. The van der Waals surface area contributed by atoms with E-state index in [-0.39, 0.29) is 28.3 Å². The molecule has 0 fully saturated rings. The van der Waals surface area contributed by atoms with Crippen molar-refractivity contribution in [3.8, 4) is 12.3 Å². The van der Waals surface area contributed by atoms with Crippen molar-refractivity contribution in [3.63, 3.8) is 0 Å². The maximum absolute atomic E-state index is 12.4. The summed E-state index contributed by atoms with van der Waals surface area (Å²) in [7, 11) is 0. The molecule has 0 saturated carbocycles. The molecule has 1 amide bonds. The molecule has 0 spiro atoms. The SMILES string of the molecule is C#CCn1c(=NC(=O)c2ccc([N+](=O)[O-])cc2)sc2cc([N+](=O)[O-])ccc21. The lowest BCUT2D eigenvalue weighted by atomic mass is 10.2. The second-order valence-electron chi connectivity index (χ2n) is 5.30. The maximum atomic E-state index is 12.4. The third-order valence-electron chi connectivity index (χ3n) is 3.65. The number of carbonyl (C=O) groups excluding carboxylic acids is 1. The minimum Gasteiger partial charge on any atom is -0.305 e. The first-order valence-corrected chi connectivity index (χ1v) is 8.27. The predicted octanol–water partition coefficient (Wildman–Crippen LogP) is 2.89. The number of non-ortho nitro benzene ring substituents is 2. The van der Waals surface area contributed by atoms with Crippen molar-refractivity contribution in [1.29, 1.82) is 0 Å². The van der Waals surface area contributed by atoms with Crippen LogP contribution in [0.1, 0.15) is 10.4 Å². The van der Waals surface area contributed by atoms with E-state index in [1.54, 1.807) is 10.6 Å². The van der Waals surface area contributed by atoms with Gasteiger partial charge in [-0.25, -0.2) is 0 Å².